The van der Waals surface area contributed by atoms with E-state index in [1.165, 1.54) is 12.6 Å². The Hall–Kier alpha value is -2.96. The van der Waals surface area contributed by atoms with Crippen LogP contribution in [0.5, 0.6) is 5.75 Å². The summed E-state index contributed by atoms with van der Waals surface area (Å²) in [6, 6.07) is 6.97. The smallest absolute Gasteiger partial charge is 0.346 e. The highest BCUT2D eigenvalue weighted by molar-refractivity contribution is 5.91. The lowest BCUT2D eigenvalue weighted by Gasteiger charge is -2.06. The molecule has 0 aliphatic carbocycles. The Morgan fingerprint density at radius 3 is 2.95 bits per heavy atom. The summed E-state index contributed by atoms with van der Waals surface area (Å²) >= 11 is 0. The zero-order valence-electron chi connectivity index (χ0n) is 11.3. The van der Waals surface area contributed by atoms with E-state index in [1.807, 2.05) is 6.92 Å². The summed E-state index contributed by atoms with van der Waals surface area (Å²) in [6.07, 6.45) is 4.33. The molecule has 0 N–H and O–H groups in total. The van der Waals surface area contributed by atoms with Gasteiger partial charge in [-0.1, -0.05) is 12.1 Å². The molecule has 2 heterocycles. The van der Waals surface area contributed by atoms with Crippen molar-refractivity contribution < 1.29 is 13.9 Å². The van der Waals surface area contributed by atoms with Gasteiger partial charge in [0.05, 0.1) is 17.3 Å². The largest absolute Gasteiger partial charge is 0.423 e. The molecule has 7 nitrogen and oxygen atoms in total. The summed E-state index contributed by atoms with van der Waals surface area (Å²) in [6.45, 7) is 2.62. The third-order valence-electron chi connectivity index (χ3n) is 2.87. The van der Waals surface area contributed by atoms with E-state index in [2.05, 4.69) is 15.3 Å². The molecule has 3 rings (SSSR count). The van der Waals surface area contributed by atoms with Crippen LogP contribution in [0.25, 0.3) is 11.5 Å². The first kappa shape index (κ1) is 13.0. The molecule has 0 amide bonds. The van der Waals surface area contributed by atoms with Gasteiger partial charge in [-0.15, -0.1) is 10.2 Å². The molecule has 0 aliphatic rings. The maximum atomic E-state index is 12.1. The molecular weight excluding hydrogens is 272 g/mol. The Kier molecular flexibility index (Phi) is 3.46. The van der Waals surface area contributed by atoms with E-state index < -0.39 is 5.97 Å². The van der Waals surface area contributed by atoms with Gasteiger partial charge in [0.25, 0.3) is 5.89 Å². The number of esters is 1. The van der Waals surface area contributed by atoms with E-state index in [9.17, 15) is 4.79 Å². The Morgan fingerprint density at radius 2 is 2.24 bits per heavy atom. The van der Waals surface area contributed by atoms with Gasteiger partial charge in [-0.2, -0.15) is 5.10 Å². The number of hydrogen-bond acceptors (Lipinski definition) is 6. The monoisotopic (exact) mass is 284 g/mol. The van der Waals surface area contributed by atoms with Crippen molar-refractivity contribution in [2.75, 3.05) is 0 Å². The van der Waals surface area contributed by atoms with Crippen LogP contribution in [0.4, 0.5) is 0 Å². The number of aryl methyl sites for hydroxylation is 1. The average molecular weight is 284 g/mol. The highest BCUT2D eigenvalue weighted by Gasteiger charge is 2.16. The second kappa shape index (κ2) is 5.58. The third kappa shape index (κ3) is 2.66. The van der Waals surface area contributed by atoms with E-state index in [0.29, 0.717) is 29.3 Å². The minimum Gasteiger partial charge on any atom is -0.423 e. The van der Waals surface area contributed by atoms with Crippen LogP contribution in [-0.2, 0) is 6.54 Å². The van der Waals surface area contributed by atoms with Crippen LogP contribution in [-0.4, -0.2) is 25.9 Å². The summed E-state index contributed by atoms with van der Waals surface area (Å²) in [5, 5.41) is 11.5. The second-order valence-electron chi connectivity index (χ2n) is 4.21. The minimum atomic E-state index is -0.485. The predicted octanol–water partition coefficient (Wildman–Crippen LogP) is 2.17. The van der Waals surface area contributed by atoms with E-state index in [-0.39, 0.29) is 0 Å². The maximum Gasteiger partial charge on any atom is 0.346 e. The van der Waals surface area contributed by atoms with Gasteiger partial charge in [-0.25, -0.2) is 4.79 Å². The number of ether oxygens (including phenoxy) is 1. The highest BCUT2D eigenvalue weighted by Crippen LogP contribution is 2.28. The summed E-state index contributed by atoms with van der Waals surface area (Å²) in [7, 11) is 0. The number of carbonyl (C=O) groups excluding carboxylic acids is 1. The molecule has 0 spiro atoms. The molecule has 21 heavy (non-hydrogen) atoms. The Bertz CT molecular complexity index is 749. The van der Waals surface area contributed by atoms with Crippen molar-refractivity contribution in [3.05, 3.63) is 48.6 Å². The van der Waals surface area contributed by atoms with Crippen LogP contribution in [0.2, 0.25) is 0 Å². The summed E-state index contributed by atoms with van der Waals surface area (Å²) in [5.41, 5.74) is 0.948. The number of nitrogens with zero attached hydrogens (tertiary/aromatic N) is 4. The molecular formula is C14H12N4O3. The van der Waals surface area contributed by atoms with E-state index in [1.54, 1.807) is 35.1 Å². The number of aromatic nitrogens is 4. The number of carbonyl (C=O) groups is 1. The molecule has 0 saturated heterocycles. The average Bonchev–Trinajstić information content (AvgIpc) is 3.19. The number of hydrogen-bond donors (Lipinski definition) is 0. The maximum absolute atomic E-state index is 12.1. The SMILES string of the molecule is CCn1cc(C(=O)Oc2ccccc2-c2nnco2)cn1. The van der Waals surface area contributed by atoms with Crippen LogP contribution in [0.1, 0.15) is 17.3 Å². The molecule has 0 saturated carbocycles. The molecule has 2 aromatic heterocycles. The van der Waals surface area contributed by atoms with Crippen LogP contribution in [0.15, 0.2) is 47.5 Å². The minimum absolute atomic E-state index is 0.294. The van der Waals surface area contributed by atoms with Gasteiger partial charge in [0.2, 0.25) is 6.39 Å². The summed E-state index contributed by atoms with van der Waals surface area (Å²) < 4.78 is 12.2. The van der Waals surface area contributed by atoms with Crippen molar-refractivity contribution in [1.29, 1.82) is 0 Å². The molecule has 0 aliphatic heterocycles. The standard InChI is InChI=1S/C14H12N4O3/c1-2-18-8-10(7-16-18)14(19)21-12-6-4-3-5-11(12)13-17-15-9-20-13/h3-9H,2H2,1H3. The molecule has 0 unspecified atom stereocenters. The zero-order chi connectivity index (χ0) is 14.7. The molecule has 3 aromatic rings. The second-order valence-corrected chi connectivity index (χ2v) is 4.21. The molecule has 1 aromatic carbocycles. The van der Waals surface area contributed by atoms with E-state index >= 15 is 0 Å². The van der Waals surface area contributed by atoms with Gasteiger partial charge in [-0.3, -0.25) is 4.68 Å². The summed E-state index contributed by atoms with van der Waals surface area (Å²) in [4.78, 5) is 12.1. The lowest BCUT2D eigenvalue weighted by atomic mass is 10.2. The molecule has 7 heteroatoms. The quantitative estimate of drug-likeness (QED) is 0.539. The van der Waals surface area contributed by atoms with Crippen LogP contribution in [0.3, 0.4) is 0 Å². The topological polar surface area (TPSA) is 83.0 Å². The van der Waals surface area contributed by atoms with Crippen molar-refractivity contribution in [2.45, 2.75) is 13.5 Å². The van der Waals surface area contributed by atoms with Gasteiger partial charge in [0.1, 0.15) is 5.75 Å². The zero-order valence-corrected chi connectivity index (χ0v) is 11.3. The highest BCUT2D eigenvalue weighted by atomic mass is 16.5. The molecule has 0 radical (unpaired) electrons. The van der Waals surface area contributed by atoms with Gasteiger partial charge in [0, 0.05) is 12.7 Å². The van der Waals surface area contributed by atoms with Crippen molar-refractivity contribution in [1.82, 2.24) is 20.0 Å². The lowest BCUT2D eigenvalue weighted by molar-refractivity contribution is 0.0735. The van der Waals surface area contributed by atoms with Crippen LogP contribution < -0.4 is 4.74 Å². The normalized spacial score (nSPS) is 10.5. The molecule has 106 valence electrons. The van der Waals surface area contributed by atoms with Gasteiger partial charge >= 0.3 is 5.97 Å². The fraction of sp³-hybridized carbons (Fsp3) is 0.143. The summed E-state index contributed by atoms with van der Waals surface area (Å²) in [5.74, 6) is 0.167. The van der Waals surface area contributed by atoms with Crippen LogP contribution in [0, 0.1) is 0 Å². The van der Waals surface area contributed by atoms with Crippen molar-refractivity contribution in [2.24, 2.45) is 0 Å². The molecule has 0 bridgehead atoms. The molecule has 0 fully saturated rings. The number of benzene rings is 1. The van der Waals surface area contributed by atoms with Gasteiger partial charge < -0.3 is 9.15 Å². The number of rotatable bonds is 4. The van der Waals surface area contributed by atoms with Gasteiger partial charge in [-0.05, 0) is 19.1 Å². The first-order valence-corrected chi connectivity index (χ1v) is 6.38. The van der Waals surface area contributed by atoms with Crippen molar-refractivity contribution in [3.8, 4) is 17.2 Å². The predicted molar refractivity (Wildman–Crippen MR) is 72.6 cm³/mol. The Balaban J connectivity index is 1.86. The van der Waals surface area contributed by atoms with E-state index in [0.717, 1.165) is 0 Å². The van der Waals surface area contributed by atoms with Crippen molar-refractivity contribution in [3.63, 3.8) is 0 Å². The fourth-order valence-electron chi connectivity index (χ4n) is 1.82. The third-order valence-corrected chi connectivity index (χ3v) is 2.87. The number of para-hydroxylation sites is 1. The van der Waals surface area contributed by atoms with E-state index in [4.69, 9.17) is 9.15 Å². The van der Waals surface area contributed by atoms with Crippen LogP contribution >= 0.6 is 0 Å². The Morgan fingerprint density at radius 1 is 1.38 bits per heavy atom. The lowest BCUT2D eigenvalue weighted by Crippen LogP contribution is -2.08. The van der Waals surface area contributed by atoms with Crippen molar-refractivity contribution >= 4 is 5.97 Å². The molecule has 0 atom stereocenters. The Labute approximate surface area is 120 Å². The van der Waals surface area contributed by atoms with Gasteiger partial charge in [0.15, 0.2) is 0 Å². The fourth-order valence-corrected chi connectivity index (χ4v) is 1.82. The first-order valence-electron chi connectivity index (χ1n) is 6.38. The first-order chi connectivity index (χ1) is 10.3.